The lowest BCUT2D eigenvalue weighted by Gasteiger charge is -1.94. The quantitative estimate of drug-likeness (QED) is 0.698. The summed E-state index contributed by atoms with van der Waals surface area (Å²) in [6.45, 7) is 1.93. The standard InChI is InChI=1S/C7H5ClIN3/c1-4-3-12-7(10-4)5(9)2-6(8)11-12/h2-3H,1H3. The molecule has 2 heterocycles. The summed E-state index contributed by atoms with van der Waals surface area (Å²) in [6.07, 6.45) is 1.85. The minimum Gasteiger partial charge on any atom is -0.231 e. The van der Waals surface area contributed by atoms with Gasteiger partial charge in [0.25, 0.3) is 0 Å². The first kappa shape index (κ1) is 8.25. The molecule has 0 atom stereocenters. The topological polar surface area (TPSA) is 30.2 Å². The molecule has 0 aliphatic carbocycles. The number of hydrogen-bond donors (Lipinski definition) is 0. The Hall–Kier alpha value is -0.360. The van der Waals surface area contributed by atoms with Crippen molar-refractivity contribution >= 4 is 39.8 Å². The van der Waals surface area contributed by atoms with E-state index in [0.717, 1.165) is 14.9 Å². The van der Waals surface area contributed by atoms with Gasteiger partial charge in [-0.2, -0.15) is 5.10 Å². The van der Waals surface area contributed by atoms with Crippen LogP contribution in [0, 0.1) is 10.5 Å². The monoisotopic (exact) mass is 293 g/mol. The Balaban J connectivity index is 2.88. The molecule has 0 aromatic carbocycles. The number of aromatic nitrogens is 3. The van der Waals surface area contributed by atoms with Crippen LogP contribution in [0.15, 0.2) is 12.3 Å². The van der Waals surface area contributed by atoms with Crippen molar-refractivity contribution in [2.24, 2.45) is 0 Å². The first-order chi connectivity index (χ1) is 5.66. The van der Waals surface area contributed by atoms with Crippen molar-refractivity contribution in [3.8, 4) is 0 Å². The predicted molar refractivity (Wildman–Crippen MR) is 55.5 cm³/mol. The molecule has 0 N–H and O–H groups in total. The first-order valence-electron chi connectivity index (χ1n) is 3.35. The fraction of sp³-hybridized carbons (Fsp3) is 0.143. The van der Waals surface area contributed by atoms with E-state index in [4.69, 9.17) is 11.6 Å². The van der Waals surface area contributed by atoms with Gasteiger partial charge >= 0.3 is 0 Å². The summed E-state index contributed by atoms with van der Waals surface area (Å²) in [4.78, 5) is 4.29. The molecule has 0 bridgehead atoms. The normalized spacial score (nSPS) is 10.9. The highest BCUT2D eigenvalue weighted by molar-refractivity contribution is 14.1. The first-order valence-corrected chi connectivity index (χ1v) is 4.80. The molecule has 0 saturated heterocycles. The van der Waals surface area contributed by atoms with Crippen LogP contribution in [0.4, 0.5) is 0 Å². The van der Waals surface area contributed by atoms with E-state index in [1.54, 1.807) is 10.6 Å². The van der Waals surface area contributed by atoms with Crippen molar-refractivity contribution in [3.05, 3.63) is 26.7 Å². The van der Waals surface area contributed by atoms with E-state index in [0.29, 0.717) is 5.15 Å². The van der Waals surface area contributed by atoms with Crippen LogP contribution in [-0.2, 0) is 0 Å². The molecule has 0 aliphatic heterocycles. The van der Waals surface area contributed by atoms with Gasteiger partial charge < -0.3 is 0 Å². The molecule has 62 valence electrons. The van der Waals surface area contributed by atoms with Crippen LogP contribution < -0.4 is 0 Å². The van der Waals surface area contributed by atoms with Crippen LogP contribution >= 0.6 is 34.2 Å². The molecular weight excluding hydrogens is 288 g/mol. The second-order valence-corrected chi connectivity index (χ2v) is 4.01. The highest BCUT2D eigenvalue weighted by Crippen LogP contribution is 2.15. The minimum atomic E-state index is 0.490. The lowest BCUT2D eigenvalue weighted by atomic mass is 10.6. The summed E-state index contributed by atoms with van der Waals surface area (Å²) in [5, 5.41) is 4.56. The Kier molecular flexibility index (Phi) is 1.96. The maximum Gasteiger partial charge on any atom is 0.167 e. The number of fused-ring (bicyclic) bond motifs is 1. The highest BCUT2D eigenvalue weighted by Gasteiger charge is 2.04. The van der Waals surface area contributed by atoms with Gasteiger partial charge in [-0.3, -0.25) is 0 Å². The smallest absolute Gasteiger partial charge is 0.167 e. The van der Waals surface area contributed by atoms with Crippen molar-refractivity contribution in [3.63, 3.8) is 0 Å². The van der Waals surface area contributed by atoms with Gasteiger partial charge in [0.05, 0.1) is 15.5 Å². The maximum atomic E-state index is 5.77. The molecule has 0 aliphatic rings. The molecule has 0 amide bonds. The summed E-state index contributed by atoms with van der Waals surface area (Å²) < 4.78 is 2.71. The average molecular weight is 293 g/mol. The van der Waals surface area contributed by atoms with Crippen molar-refractivity contribution in [2.75, 3.05) is 0 Å². The summed E-state index contributed by atoms with van der Waals surface area (Å²) in [5.41, 5.74) is 1.81. The average Bonchev–Trinajstić information content (AvgIpc) is 2.29. The van der Waals surface area contributed by atoms with Gasteiger partial charge in [0.1, 0.15) is 0 Å². The zero-order valence-corrected chi connectivity index (χ0v) is 9.17. The van der Waals surface area contributed by atoms with Crippen LogP contribution in [0.25, 0.3) is 5.65 Å². The number of imidazole rings is 1. The summed E-state index contributed by atoms with van der Waals surface area (Å²) >= 11 is 7.96. The number of halogens is 2. The summed E-state index contributed by atoms with van der Waals surface area (Å²) in [7, 11) is 0. The van der Waals surface area contributed by atoms with Crippen LogP contribution in [0.2, 0.25) is 5.15 Å². The summed E-state index contributed by atoms with van der Waals surface area (Å²) in [5.74, 6) is 0. The Morgan fingerprint density at radius 3 is 3.08 bits per heavy atom. The Labute approximate surface area is 87.9 Å². The Morgan fingerprint density at radius 1 is 1.58 bits per heavy atom. The second-order valence-electron chi connectivity index (χ2n) is 2.47. The fourth-order valence-corrected chi connectivity index (χ4v) is 2.06. The fourth-order valence-electron chi connectivity index (χ4n) is 1.03. The molecule has 12 heavy (non-hydrogen) atoms. The zero-order chi connectivity index (χ0) is 8.72. The lowest BCUT2D eigenvalue weighted by Crippen LogP contribution is -1.92. The van der Waals surface area contributed by atoms with E-state index >= 15 is 0 Å². The van der Waals surface area contributed by atoms with Crippen LogP contribution in [0.5, 0.6) is 0 Å². The third-order valence-electron chi connectivity index (χ3n) is 1.47. The van der Waals surface area contributed by atoms with Crippen molar-refractivity contribution in [1.82, 2.24) is 14.6 Å². The Morgan fingerprint density at radius 2 is 2.33 bits per heavy atom. The maximum absolute atomic E-state index is 5.77. The molecule has 0 fully saturated rings. The van der Waals surface area contributed by atoms with E-state index in [1.165, 1.54) is 0 Å². The molecule has 2 rings (SSSR count). The van der Waals surface area contributed by atoms with Crippen LogP contribution in [0.1, 0.15) is 5.69 Å². The lowest BCUT2D eigenvalue weighted by molar-refractivity contribution is 0.930. The van der Waals surface area contributed by atoms with E-state index in [2.05, 4.69) is 32.7 Å². The van der Waals surface area contributed by atoms with Gasteiger partial charge in [-0.1, -0.05) is 11.6 Å². The van der Waals surface area contributed by atoms with E-state index < -0.39 is 0 Å². The molecule has 2 aromatic rings. The molecule has 0 radical (unpaired) electrons. The van der Waals surface area contributed by atoms with Gasteiger partial charge in [-0.15, -0.1) is 0 Å². The minimum absolute atomic E-state index is 0.490. The number of nitrogens with zero attached hydrogens (tertiary/aromatic N) is 3. The molecule has 3 nitrogen and oxygen atoms in total. The van der Waals surface area contributed by atoms with E-state index in [-0.39, 0.29) is 0 Å². The van der Waals surface area contributed by atoms with Crippen molar-refractivity contribution < 1.29 is 0 Å². The van der Waals surface area contributed by atoms with Gasteiger partial charge in [0, 0.05) is 0 Å². The molecule has 0 saturated carbocycles. The molecule has 0 unspecified atom stereocenters. The molecule has 5 heteroatoms. The predicted octanol–water partition coefficient (Wildman–Crippen LogP) is 2.30. The summed E-state index contributed by atoms with van der Waals surface area (Å²) in [6, 6.07) is 1.80. The Bertz CT molecular complexity index is 437. The molecular formula is C7H5ClIN3. The van der Waals surface area contributed by atoms with Crippen molar-refractivity contribution in [1.29, 1.82) is 0 Å². The van der Waals surface area contributed by atoms with E-state index in [9.17, 15) is 0 Å². The van der Waals surface area contributed by atoms with Gasteiger partial charge in [-0.05, 0) is 35.6 Å². The van der Waals surface area contributed by atoms with Crippen molar-refractivity contribution in [2.45, 2.75) is 6.92 Å². The largest absolute Gasteiger partial charge is 0.231 e. The van der Waals surface area contributed by atoms with E-state index in [1.807, 2.05) is 13.1 Å². The SMILES string of the molecule is Cc1cn2nc(Cl)cc(I)c2n1. The van der Waals surface area contributed by atoms with Gasteiger partial charge in [0.2, 0.25) is 0 Å². The van der Waals surface area contributed by atoms with Gasteiger partial charge in [0.15, 0.2) is 10.8 Å². The number of aryl methyl sites for hydroxylation is 1. The number of hydrogen-bond acceptors (Lipinski definition) is 2. The molecule has 2 aromatic heterocycles. The second kappa shape index (κ2) is 2.85. The molecule has 0 spiro atoms. The van der Waals surface area contributed by atoms with Crippen LogP contribution in [0.3, 0.4) is 0 Å². The third kappa shape index (κ3) is 1.29. The zero-order valence-electron chi connectivity index (χ0n) is 6.25. The van der Waals surface area contributed by atoms with Gasteiger partial charge in [-0.25, -0.2) is 9.50 Å². The third-order valence-corrected chi connectivity index (χ3v) is 2.45. The number of rotatable bonds is 0. The highest BCUT2D eigenvalue weighted by atomic mass is 127. The van der Waals surface area contributed by atoms with Crippen LogP contribution in [-0.4, -0.2) is 14.6 Å².